The highest BCUT2D eigenvalue weighted by Crippen LogP contribution is 2.42. The standard InChI is InChI=1S/C29H35FN6O2/c1-4-19-17-35(13-8-14-37)22-10-7-9-18-15-23(36(19)26(18)22)28-32-21-16-20(29(38)34-11-5-6-12-34)25(31-2)24(30)27(21)33(28)3/h7,9-10,15-16,19,31,37H,4-6,8,11-14,17H2,1-3H3. The number of imidazole rings is 1. The summed E-state index contributed by atoms with van der Waals surface area (Å²) in [4.78, 5) is 22.4. The Labute approximate surface area is 221 Å². The number of hydrogen-bond acceptors (Lipinski definition) is 5. The topological polar surface area (TPSA) is 78.6 Å². The van der Waals surface area contributed by atoms with Crippen LogP contribution in [0.15, 0.2) is 30.3 Å². The summed E-state index contributed by atoms with van der Waals surface area (Å²) in [5.41, 5.74) is 4.65. The Kier molecular flexibility index (Phi) is 6.26. The van der Waals surface area contributed by atoms with Crippen molar-refractivity contribution < 1.29 is 14.3 Å². The second-order valence-corrected chi connectivity index (χ2v) is 10.4. The molecule has 0 radical (unpaired) electrons. The Morgan fingerprint density at radius 3 is 2.71 bits per heavy atom. The fourth-order valence-corrected chi connectivity index (χ4v) is 6.35. The van der Waals surface area contributed by atoms with Gasteiger partial charge in [-0.05, 0) is 43.9 Å². The highest BCUT2D eigenvalue weighted by atomic mass is 19.1. The molecule has 4 aromatic rings. The highest BCUT2D eigenvalue weighted by Gasteiger charge is 2.31. The molecule has 0 aliphatic carbocycles. The summed E-state index contributed by atoms with van der Waals surface area (Å²) in [6.07, 6.45) is 3.59. The van der Waals surface area contributed by atoms with Crippen LogP contribution in [0.25, 0.3) is 33.5 Å². The number of anilines is 2. The van der Waals surface area contributed by atoms with E-state index in [0.717, 1.165) is 61.1 Å². The van der Waals surface area contributed by atoms with E-state index in [1.54, 1.807) is 18.0 Å². The molecule has 9 heteroatoms. The number of aliphatic hydroxyl groups is 1. The average molecular weight is 519 g/mol. The van der Waals surface area contributed by atoms with Gasteiger partial charge in [0.15, 0.2) is 11.6 Å². The van der Waals surface area contributed by atoms with E-state index in [-0.39, 0.29) is 24.2 Å². The molecule has 4 heterocycles. The second-order valence-electron chi connectivity index (χ2n) is 10.4. The van der Waals surface area contributed by atoms with Gasteiger partial charge in [0.25, 0.3) is 5.91 Å². The van der Waals surface area contributed by atoms with Crippen molar-refractivity contribution in [2.24, 2.45) is 7.05 Å². The zero-order chi connectivity index (χ0) is 26.6. The molecule has 0 saturated carbocycles. The number of fused-ring (bicyclic) bond motifs is 1. The maximum Gasteiger partial charge on any atom is 0.256 e. The van der Waals surface area contributed by atoms with Crippen molar-refractivity contribution in [1.82, 2.24) is 19.0 Å². The van der Waals surface area contributed by atoms with Crippen molar-refractivity contribution in [3.8, 4) is 11.5 Å². The van der Waals surface area contributed by atoms with Gasteiger partial charge in [-0.2, -0.15) is 0 Å². The van der Waals surface area contributed by atoms with Crippen LogP contribution in [0.5, 0.6) is 0 Å². The predicted molar refractivity (Wildman–Crippen MR) is 150 cm³/mol. The van der Waals surface area contributed by atoms with Gasteiger partial charge in [-0.15, -0.1) is 0 Å². The lowest BCUT2D eigenvalue weighted by Crippen LogP contribution is -2.36. The molecule has 1 amide bonds. The summed E-state index contributed by atoms with van der Waals surface area (Å²) in [7, 11) is 3.50. The van der Waals surface area contributed by atoms with Crippen LogP contribution in [0.2, 0.25) is 0 Å². The van der Waals surface area contributed by atoms with Crippen molar-refractivity contribution in [1.29, 1.82) is 0 Å². The number of halogens is 1. The van der Waals surface area contributed by atoms with Crippen molar-refractivity contribution >= 4 is 39.2 Å². The van der Waals surface area contributed by atoms with Crippen LogP contribution in [0.1, 0.15) is 49.0 Å². The summed E-state index contributed by atoms with van der Waals surface area (Å²) < 4.78 is 20.2. The molecule has 1 fully saturated rings. The van der Waals surface area contributed by atoms with Gasteiger partial charge in [0.1, 0.15) is 5.52 Å². The van der Waals surface area contributed by atoms with E-state index in [0.29, 0.717) is 35.5 Å². The summed E-state index contributed by atoms with van der Waals surface area (Å²) >= 11 is 0. The molecule has 8 nitrogen and oxygen atoms in total. The largest absolute Gasteiger partial charge is 0.396 e. The minimum absolute atomic E-state index is 0.151. The number of likely N-dealkylation sites (tertiary alicyclic amines) is 1. The van der Waals surface area contributed by atoms with Crippen LogP contribution in [0.3, 0.4) is 0 Å². The molecule has 2 N–H and O–H groups in total. The molecular weight excluding hydrogens is 483 g/mol. The van der Waals surface area contributed by atoms with E-state index in [1.165, 1.54) is 0 Å². The summed E-state index contributed by atoms with van der Waals surface area (Å²) in [6.45, 7) is 5.38. The number of hydrogen-bond donors (Lipinski definition) is 2. The monoisotopic (exact) mass is 518 g/mol. The Balaban J connectivity index is 1.54. The number of carbonyl (C=O) groups is 1. The summed E-state index contributed by atoms with van der Waals surface area (Å²) in [6, 6.07) is 10.4. The minimum Gasteiger partial charge on any atom is -0.396 e. The van der Waals surface area contributed by atoms with Gasteiger partial charge in [-0.25, -0.2) is 9.37 Å². The molecule has 2 aliphatic heterocycles. The number of aromatic nitrogens is 3. The first-order valence-electron chi connectivity index (χ1n) is 13.6. The van der Waals surface area contributed by atoms with Crippen molar-refractivity contribution in [2.75, 3.05) is 50.1 Å². The minimum atomic E-state index is -0.452. The average Bonchev–Trinajstić information content (AvgIpc) is 3.67. The van der Waals surface area contributed by atoms with Crippen LogP contribution in [-0.4, -0.2) is 69.9 Å². The van der Waals surface area contributed by atoms with E-state index < -0.39 is 5.82 Å². The molecule has 0 spiro atoms. The second kappa shape index (κ2) is 9.62. The number of aliphatic hydroxyl groups excluding tert-OH is 1. The number of nitrogens with zero attached hydrogens (tertiary/aromatic N) is 5. The number of rotatable bonds is 7. The van der Waals surface area contributed by atoms with Gasteiger partial charge in [0.05, 0.1) is 39.7 Å². The third-order valence-electron chi connectivity index (χ3n) is 8.24. The molecule has 1 saturated heterocycles. The first-order chi connectivity index (χ1) is 18.5. The zero-order valence-electron chi connectivity index (χ0n) is 22.3. The van der Waals surface area contributed by atoms with Crippen molar-refractivity contribution in [3.63, 3.8) is 0 Å². The van der Waals surface area contributed by atoms with Crippen LogP contribution >= 0.6 is 0 Å². The molecule has 2 aromatic heterocycles. The van der Waals surface area contributed by atoms with Gasteiger partial charge in [0, 0.05) is 52.3 Å². The Morgan fingerprint density at radius 2 is 2.00 bits per heavy atom. The van der Waals surface area contributed by atoms with E-state index >= 15 is 4.39 Å². The van der Waals surface area contributed by atoms with E-state index in [9.17, 15) is 9.90 Å². The Morgan fingerprint density at radius 1 is 1.21 bits per heavy atom. The first kappa shape index (κ1) is 24.7. The zero-order valence-corrected chi connectivity index (χ0v) is 22.3. The highest BCUT2D eigenvalue weighted by molar-refractivity contribution is 6.04. The number of aryl methyl sites for hydroxylation is 1. The molecule has 1 atom stereocenters. The molecule has 6 rings (SSSR count). The third-order valence-corrected chi connectivity index (χ3v) is 8.24. The number of benzene rings is 2. The van der Waals surface area contributed by atoms with Gasteiger partial charge >= 0.3 is 0 Å². The molecule has 0 bridgehead atoms. The normalized spacial score (nSPS) is 17.2. The Hall–Kier alpha value is -3.59. The maximum atomic E-state index is 16.0. The summed E-state index contributed by atoms with van der Waals surface area (Å²) in [5, 5.41) is 13.5. The number of carbonyl (C=O) groups excluding carboxylic acids is 1. The van der Waals surface area contributed by atoms with Crippen LogP contribution in [0.4, 0.5) is 15.8 Å². The smallest absolute Gasteiger partial charge is 0.256 e. The van der Waals surface area contributed by atoms with E-state index in [4.69, 9.17) is 4.98 Å². The molecule has 2 aliphatic rings. The molecular formula is C29H35FN6O2. The molecule has 200 valence electrons. The lowest BCUT2D eigenvalue weighted by atomic mass is 10.1. The van der Waals surface area contributed by atoms with Crippen molar-refractivity contribution in [2.45, 2.75) is 38.6 Å². The number of para-hydroxylation sites is 1. The molecule has 38 heavy (non-hydrogen) atoms. The van der Waals surface area contributed by atoms with E-state index in [1.807, 2.05) is 11.6 Å². The fraction of sp³-hybridized carbons (Fsp3) is 0.448. The van der Waals surface area contributed by atoms with Gasteiger partial charge in [0.2, 0.25) is 0 Å². The fourth-order valence-electron chi connectivity index (χ4n) is 6.35. The van der Waals surface area contributed by atoms with E-state index in [2.05, 4.69) is 46.0 Å². The SMILES string of the molecule is CCC1CN(CCCO)c2cccc3cc(-c4nc5cc(C(=O)N6CCCC6)c(NC)c(F)c5n4C)n1c23. The van der Waals surface area contributed by atoms with Crippen LogP contribution in [-0.2, 0) is 7.05 Å². The maximum absolute atomic E-state index is 16.0. The van der Waals surface area contributed by atoms with Crippen molar-refractivity contribution in [3.05, 3.63) is 41.7 Å². The van der Waals surface area contributed by atoms with Gasteiger partial charge in [-0.3, -0.25) is 4.79 Å². The Bertz CT molecular complexity index is 1530. The lowest BCUT2D eigenvalue weighted by Gasteiger charge is -2.36. The quantitative estimate of drug-likeness (QED) is 0.369. The first-order valence-corrected chi connectivity index (χ1v) is 13.6. The van der Waals surface area contributed by atoms with Gasteiger partial charge < -0.3 is 29.4 Å². The van der Waals surface area contributed by atoms with Gasteiger partial charge in [-0.1, -0.05) is 19.1 Å². The van der Waals surface area contributed by atoms with Crippen LogP contribution in [0, 0.1) is 5.82 Å². The lowest BCUT2D eigenvalue weighted by molar-refractivity contribution is 0.0793. The van der Waals surface area contributed by atoms with Crippen LogP contribution < -0.4 is 10.2 Å². The number of amides is 1. The third kappa shape index (κ3) is 3.66. The molecule has 1 unspecified atom stereocenters. The summed E-state index contributed by atoms with van der Waals surface area (Å²) in [5.74, 6) is 0.0737. The number of nitrogens with one attached hydrogen (secondary N) is 1. The molecule has 2 aromatic carbocycles. The predicted octanol–water partition coefficient (Wildman–Crippen LogP) is 4.77.